The predicted octanol–water partition coefficient (Wildman–Crippen LogP) is 2.29. The number of nitrogens with zero attached hydrogens (tertiary/aromatic N) is 1. The van der Waals surface area contributed by atoms with Gasteiger partial charge in [0.2, 0.25) is 0 Å². The van der Waals surface area contributed by atoms with Gasteiger partial charge in [0.15, 0.2) is 0 Å². The molecule has 2 heterocycles. The maximum Gasteiger partial charge on any atom is 0.308 e. The second-order valence-corrected chi connectivity index (χ2v) is 5.32. The van der Waals surface area contributed by atoms with Crippen molar-refractivity contribution >= 4 is 23.2 Å². The van der Waals surface area contributed by atoms with Crippen LogP contribution in [-0.2, 0) is 16.1 Å². The van der Waals surface area contributed by atoms with Crippen LogP contribution in [0.2, 0.25) is 0 Å². The third-order valence-corrected chi connectivity index (χ3v) is 4.09. The summed E-state index contributed by atoms with van der Waals surface area (Å²) in [7, 11) is 0. The Morgan fingerprint density at radius 3 is 2.89 bits per heavy atom. The minimum Gasteiger partial charge on any atom is -0.460 e. The summed E-state index contributed by atoms with van der Waals surface area (Å²) in [6.45, 7) is 0.775. The van der Waals surface area contributed by atoms with Crippen molar-refractivity contribution in [2.45, 2.75) is 38.0 Å². The fraction of sp³-hybridized carbons (Fsp3) is 0.429. The van der Waals surface area contributed by atoms with Crippen LogP contribution in [0.5, 0.6) is 0 Å². The number of fused-ring (bicyclic) bond motifs is 1. The molecule has 0 bridgehead atoms. The molecule has 0 amide bonds. The highest BCUT2D eigenvalue weighted by Gasteiger charge is 2.42. The SMILES string of the molecule is O=C1C[C@H]2[C@H](CCC(=S)N2Cc2ccccc2)O1. The highest BCUT2D eigenvalue weighted by molar-refractivity contribution is 7.80. The summed E-state index contributed by atoms with van der Waals surface area (Å²) in [4.78, 5) is 14.5. The molecule has 0 spiro atoms. The van der Waals surface area contributed by atoms with Gasteiger partial charge in [-0.1, -0.05) is 42.5 Å². The monoisotopic (exact) mass is 261 g/mol. The first-order valence-electron chi connectivity index (χ1n) is 6.27. The molecule has 0 N–H and O–H groups in total. The van der Waals surface area contributed by atoms with Crippen molar-refractivity contribution < 1.29 is 9.53 Å². The number of hydrogen-bond acceptors (Lipinski definition) is 3. The molecule has 94 valence electrons. The van der Waals surface area contributed by atoms with Gasteiger partial charge >= 0.3 is 5.97 Å². The fourth-order valence-electron chi connectivity index (χ4n) is 2.74. The molecule has 1 aromatic rings. The van der Waals surface area contributed by atoms with Crippen molar-refractivity contribution in [2.24, 2.45) is 0 Å². The third kappa shape index (κ3) is 2.12. The van der Waals surface area contributed by atoms with Gasteiger partial charge in [0.1, 0.15) is 6.10 Å². The van der Waals surface area contributed by atoms with Crippen molar-refractivity contribution in [3.63, 3.8) is 0 Å². The van der Waals surface area contributed by atoms with E-state index in [0.717, 1.165) is 24.4 Å². The van der Waals surface area contributed by atoms with Crippen LogP contribution in [0.25, 0.3) is 0 Å². The number of carbonyl (C=O) groups excluding carboxylic acids is 1. The highest BCUT2D eigenvalue weighted by atomic mass is 32.1. The number of piperidine rings is 1. The van der Waals surface area contributed by atoms with E-state index in [9.17, 15) is 4.79 Å². The standard InChI is InChI=1S/C14H15NO2S/c16-14-8-11-12(17-14)6-7-13(18)15(11)9-10-4-2-1-3-5-10/h1-5,11-12H,6-9H2/t11-,12-/m0/s1. The van der Waals surface area contributed by atoms with E-state index in [1.54, 1.807) is 0 Å². The second kappa shape index (κ2) is 4.69. The lowest BCUT2D eigenvalue weighted by atomic mass is 9.97. The van der Waals surface area contributed by atoms with Crippen LogP contribution in [-0.4, -0.2) is 28.0 Å². The van der Waals surface area contributed by atoms with Gasteiger partial charge in [-0.25, -0.2) is 0 Å². The summed E-state index contributed by atoms with van der Waals surface area (Å²) in [6, 6.07) is 10.4. The molecule has 18 heavy (non-hydrogen) atoms. The molecule has 2 aliphatic heterocycles. The summed E-state index contributed by atoms with van der Waals surface area (Å²) in [6.07, 6.45) is 2.22. The quantitative estimate of drug-likeness (QED) is 0.603. The summed E-state index contributed by atoms with van der Waals surface area (Å²) in [5, 5.41) is 0. The van der Waals surface area contributed by atoms with E-state index in [4.69, 9.17) is 17.0 Å². The van der Waals surface area contributed by atoms with Gasteiger partial charge in [-0.2, -0.15) is 0 Å². The number of likely N-dealkylation sites (tertiary alicyclic amines) is 1. The molecule has 0 radical (unpaired) electrons. The van der Waals surface area contributed by atoms with Crippen LogP contribution in [0.3, 0.4) is 0 Å². The van der Waals surface area contributed by atoms with Crippen LogP contribution >= 0.6 is 12.2 Å². The van der Waals surface area contributed by atoms with Crippen LogP contribution in [0, 0.1) is 0 Å². The largest absolute Gasteiger partial charge is 0.460 e. The van der Waals surface area contributed by atoms with E-state index < -0.39 is 0 Å². The molecule has 2 atom stereocenters. The molecule has 3 nitrogen and oxygen atoms in total. The van der Waals surface area contributed by atoms with E-state index >= 15 is 0 Å². The smallest absolute Gasteiger partial charge is 0.308 e. The van der Waals surface area contributed by atoms with Crippen molar-refractivity contribution in [1.82, 2.24) is 4.90 Å². The van der Waals surface area contributed by atoms with Crippen molar-refractivity contribution in [3.8, 4) is 0 Å². The molecule has 2 fully saturated rings. The average molecular weight is 261 g/mol. The van der Waals surface area contributed by atoms with Crippen LogP contribution < -0.4 is 0 Å². The Bertz CT molecular complexity index is 474. The van der Waals surface area contributed by atoms with Gasteiger partial charge < -0.3 is 9.64 Å². The number of ether oxygens (including phenoxy) is 1. The molecule has 0 saturated carbocycles. The molecule has 3 rings (SSSR count). The van der Waals surface area contributed by atoms with Crippen LogP contribution in [0.4, 0.5) is 0 Å². The van der Waals surface area contributed by atoms with Crippen molar-refractivity contribution in [2.75, 3.05) is 0 Å². The van der Waals surface area contributed by atoms with Gasteiger partial charge in [0.05, 0.1) is 17.5 Å². The number of esters is 1. The number of hydrogen-bond donors (Lipinski definition) is 0. The summed E-state index contributed by atoms with van der Waals surface area (Å²) < 4.78 is 5.34. The zero-order chi connectivity index (χ0) is 12.5. The van der Waals surface area contributed by atoms with E-state index in [1.165, 1.54) is 5.56 Å². The van der Waals surface area contributed by atoms with E-state index in [-0.39, 0.29) is 18.1 Å². The summed E-state index contributed by atoms with van der Waals surface area (Å²) >= 11 is 5.45. The van der Waals surface area contributed by atoms with E-state index in [1.807, 2.05) is 18.2 Å². The van der Waals surface area contributed by atoms with E-state index in [2.05, 4.69) is 17.0 Å². The molecule has 0 aliphatic carbocycles. The number of carbonyl (C=O) groups is 1. The van der Waals surface area contributed by atoms with Gasteiger partial charge in [0, 0.05) is 13.0 Å². The normalized spacial score (nSPS) is 27.0. The lowest BCUT2D eigenvalue weighted by Crippen LogP contribution is -2.47. The zero-order valence-electron chi connectivity index (χ0n) is 10.0. The zero-order valence-corrected chi connectivity index (χ0v) is 10.9. The summed E-state index contributed by atoms with van der Waals surface area (Å²) in [5.41, 5.74) is 1.22. The Morgan fingerprint density at radius 2 is 2.11 bits per heavy atom. The van der Waals surface area contributed by atoms with E-state index in [0.29, 0.717) is 6.42 Å². The molecule has 1 aromatic carbocycles. The van der Waals surface area contributed by atoms with Crippen LogP contribution in [0.15, 0.2) is 30.3 Å². The molecule has 0 unspecified atom stereocenters. The van der Waals surface area contributed by atoms with Gasteiger partial charge in [0.25, 0.3) is 0 Å². The first-order valence-corrected chi connectivity index (χ1v) is 6.68. The number of thiocarbonyl (C=S) groups is 1. The number of rotatable bonds is 2. The topological polar surface area (TPSA) is 29.5 Å². The first-order chi connectivity index (χ1) is 8.74. The maximum absolute atomic E-state index is 11.4. The minimum absolute atomic E-state index is 0.0351. The van der Waals surface area contributed by atoms with Crippen molar-refractivity contribution in [1.29, 1.82) is 0 Å². The second-order valence-electron chi connectivity index (χ2n) is 4.85. The molecule has 0 aromatic heterocycles. The summed E-state index contributed by atoms with van der Waals surface area (Å²) in [5.74, 6) is -0.0900. The predicted molar refractivity (Wildman–Crippen MR) is 72.1 cm³/mol. The molecular formula is C14H15NO2S. The minimum atomic E-state index is -0.0900. The highest BCUT2D eigenvalue weighted by Crippen LogP contribution is 2.31. The van der Waals surface area contributed by atoms with Gasteiger partial charge in [-0.15, -0.1) is 0 Å². The molecule has 2 aliphatic rings. The fourth-order valence-corrected chi connectivity index (χ4v) is 3.06. The van der Waals surface area contributed by atoms with Gasteiger partial charge in [-0.3, -0.25) is 4.79 Å². The lowest BCUT2D eigenvalue weighted by Gasteiger charge is -2.37. The van der Waals surface area contributed by atoms with Crippen molar-refractivity contribution in [3.05, 3.63) is 35.9 Å². The first kappa shape index (κ1) is 11.7. The Morgan fingerprint density at radius 1 is 1.33 bits per heavy atom. The Labute approximate surface area is 112 Å². The Hall–Kier alpha value is -1.42. The van der Waals surface area contributed by atoms with Gasteiger partial charge in [-0.05, 0) is 12.0 Å². The number of benzene rings is 1. The Kier molecular flexibility index (Phi) is 3.04. The maximum atomic E-state index is 11.4. The molecular weight excluding hydrogens is 246 g/mol. The Balaban J connectivity index is 1.80. The molecule has 2 saturated heterocycles. The third-order valence-electron chi connectivity index (χ3n) is 3.65. The lowest BCUT2D eigenvalue weighted by molar-refractivity contribution is -0.141. The molecule has 4 heteroatoms. The average Bonchev–Trinajstić information content (AvgIpc) is 2.75. The van der Waals surface area contributed by atoms with Crippen LogP contribution in [0.1, 0.15) is 24.8 Å².